The zero-order valence-electron chi connectivity index (χ0n) is 13.9. The van der Waals surface area contributed by atoms with Gasteiger partial charge >= 0.3 is 0 Å². The lowest BCUT2D eigenvalue weighted by Gasteiger charge is -2.27. The van der Waals surface area contributed by atoms with Crippen molar-refractivity contribution in [2.45, 2.75) is 33.6 Å². The van der Waals surface area contributed by atoms with E-state index >= 15 is 0 Å². The van der Waals surface area contributed by atoms with Gasteiger partial charge in [-0.05, 0) is 32.2 Å². The van der Waals surface area contributed by atoms with E-state index in [2.05, 4.69) is 34.4 Å². The number of aromatic nitrogens is 1. The molecule has 0 radical (unpaired) electrons. The Kier molecular flexibility index (Phi) is 6.79. The molecule has 6 heteroatoms. The fraction of sp³-hybridized carbons (Fsp3) is 0.750. The van der Waals surface area contributed by atoms with Gasteiger partial charge < -0.3 is 15.5 Å². The number of piperazine rings is 1. The summed E-state index contributed by atoms with van der Waals surface area (Å²) in [6.45, 7) is 12.4. The van der Waals surface area contributed by atoms with Crippen molar-refractivity contribution in [1.29, 1.82) is 0 Å². The molecule has 0 bridgehead atoms. The van der Waals surface area contributed by atoms with E-state index < -0.39 is 0 Å². The summed E-state index contributed by atoms with van der Waals surface area (Å²) in [4.78, 5) is 20.1. The molecule has 1 aliphatic rings. The van der Waals surface area contributed by atoms with Crippen LogP contribution < -0.4 is 10.6 Å². The van der Waals surface area contributed by atoms with Crippen molar-refractivity contribution in [2.75, 3.05) is 39.3 Å². The number of aryl methyl sites for hydroxylation is 1. The Morgan fingerprint density at radius 1 is 1.41 bits per heavy atom. The molecule has 22 heavy (non-hydrogen) atoms. The van der Waals surface area contributed by atoms with Crippen LogP contribution in [0.5, 0.6) is 0 Å². The highest BCUT2D eigenvalue weighted by atomic mass is 32.1. The Bertz CT molecular complexity index is 480. The maximum absolute atomic E-state index is 12.3. The van der Waals surface area contributed by atoms with Gasteiger partial charge in [0.2, 0.25) is 0 Å². The van der Waals surface area contributed by atoms with E-state index in [0.717, 1.165) is 67.7 Å². The van der Waals surface area contributed by atoms with E-state index in [1.165, 1.54) is 11.3 Å². The van der Waals surface area contributed by atoms with E-state index in [-0.39, 0.29) is 5.91 Å². The zero-order valence-corrected chi connectivity index (χ0v) is 14.8. The van der Waals surface area contributed by atoms with Gasteiger partial charge in [-0.1, -0.05) is 13.8 Å². The average Bonchev–Trinajstić information content (AvgIpc) is 2.84. The molecular weight excluding hydrogens is 296 g/mol. The molecule has 1 aromatic rings. The smallest absolute Gasteiger partial charge is 0.263 e. The van der Waals surface area contributed by atoms with E-state index in [9.17, 15) is 4.79 Å². The third kappa shape index (κ3) is 5.34. The number of amides is 1. The van der Waals surface area contributed by atoms with Gasteiger partial charge in [-0.15, -0.1) is 11.3 Å². The van der Waals surface area contributed by atoms with Gasteiger partial charge in [-0.25, -0.2) is 4.98 Å². The molecular formula is C16H28N4OS. The van der Waals surface area contributed by atoms with Gasteiger partial charge in [-0.2, -0.15) is 0 Å². The Balaban J connectivity index is 1.77. The molecule has 0 aliphatic carbocycles. The minimum atomic E-state index is 0.0431. The quantitative estimate of drug-likeness (QED) is 0.749. The highest BCUT2D eigenvalue weighted by Crippen LogP contribution is 2.20. The minimum Gasteiger partial charge on any atom is -0.351 e. The number of nitrogens with zero attached hydrogens (tertiary/aromatic N) is 2. The van der Waals surface area contributed by atoms with E-state index in [0.29, 0.717) is 5.92 Å². The van der Waals surface area contributed by atoms with Gasteiger partial charge in [0.25, 0.3) is 5.91 Å². The molecule has 1 aromatic heterocycles. The largest absolute Gasteiger partial charge is 0.351 e. The summed E-state index contributed by atoms with van der Waals surface area (Å²) in [6.07, 6.45) is 1.87. The number of rotatable bonds is 7. The van der Waals surface area contributed by atoms with Crippen LogP contribution >= 0.6 is 11.3 Å². The second-order valence-electron chi connectivity index (χ2n) is 6.31. The highest BCUT2D eigenvalue weighted by Gasteiger charge is 2.17. The summed E-state index contributed by atoms with van der Waals surface area (Å²) in [5.74, 6) is 0.558. The first-order valence-corrected chi connectivity index (χ1v) is 9.05. The maximum atomic E-state index is 12.3. The first-order chi connectivity index (χ1) is 10.6. The Morgan fingerprint density at radius 3 is 2.82 bits per heavy atom. The lowest BCUT2D eigenvalue weighted by Crippen LogP contribution is -2.44. The summed E-state index contributed by atoms with van der Waals surface area (Å²) < 4.78 is 0. The summed E-state index contributed by atoms with van der Waals surface area (Å²) in [5, 5.41) is 7.38. The molecule has 0 aromatic carbocycles. The Hall–Kier alpha value is -0.980. The summed E-state index contributed by atoms with van der Waals surface area (Å²) in [5.41, 5.74) is 0.956. The lowest BCUT2D eigenvalue weighted by molar-refractivity contribution is 0.0954. The van der Waals surface area contributed by atoms with Crippen molar-refractivity contribution in [3.63, 3.8) is 0 Å². The van der Waals surface area contributed by atoms with Crippen molar-refractivity contribution in [3.8, 4) is 0 Å². The normalized spacial score (nSPS) is 16.2. The lowest BCUT2D eigenvalue weighted by atomic mass is 10.1. The number of thiazole rings is 1. The molecule has 2 rings (SSSR count). The minimum absolute atomic E-state index is 0.0431. The van der Waals surface area contributed by atoms with Crippen LogP contribution in [0.4, 0.5) is 0 Å². The molecule has 1 amide bonds. The molecule has 124 valence electrons. The first-order valence-electron chi connectivity index (χ1n) is 8.24. The third-order valence-corrected chi connectivity index (χ3v) is 4.77. The summed E-state index contributed by atoms with van der Waals surface area (Å²) in [7, 11) is 0. The Labute approximate surface area is 137 Å². The summed E-state index contributed by atoms with van der Waals surface area (Å²) >= 11 is 1.51. The molecule has 0 unspecified atom stereocenters. The van der Waals surface area contributed by atoms with Gasteiger partial charge in [0, 0.05) is 32.7 Å². The van der Waals surface area contributed by atoms with E-state index in [1.807, 2.05) is 6.92 Å². The van der Waals surface area contributed by atoms with Crippen LogP contribution in [0.15, 0.2) is 0 Å². The predicted molar refractivity (Wildman–Crippen MR) is 91.7 cm³/mol. The molecule has 0 atom stereocenters. The molecule has 2 N–H and O–H groups in total. The van der Waals surface area contributed by atoms with Crippen LogP contribution in [0.2, 0.25) is 0 Å². The number of carbonyl (C=O) groups excluding carboxylic acids is 1. The van der Waals surface area contributed by atoms with Crippen LogP contribution in [0.3, 0.4) is 0 Å². The number of hydrogen-bond acceptors (Lipinski definition) is 5. The molecule has 1 saturated heterocycles. The molecule has 0 saturated carbocycles. The van der Waals surface area contributed by atoms with Crippen LogP contribution in [0.25, 0.3) is 0 Å². The van der Waals surface area contributed by atoms with Gasteiger partial charge in [-0.3, -0.25) is 4.79 Å². The summed E-state index contributed by atoms with van der Waals surface area (Å²) in [6, 6.07) is 0. The molecule has 2 heterocycles. The van der Waals surface area contributed by atoms with Gasteiger partial charge in [0.15, 0.2) is 0 Å². The van der Waals surface area contributed by atoms with Crippen molar-refractivity contribution in [1.82, 2.24) is 20.5 Å². The maximum Gasteiger partial charge on any atom is 0.263 e. The fourth-order valence-corrected chi connectivity index (χ4v) is 3.56. The number of nitrogens with one attached hydrogen (secondary N) is 2. The van der Waals surface area contributed by atoms with E-state index in [4.69, 9.17) is 0 Å². The number of carbonyl (C=O) groups is 1. The zero-order chi connectivity index (χ0) is 15.9. The Morgan fingerprint density at radius 2 is 2.14 bits per heavy atom. The van der Waals surface area contributed by atoms with Crippen molar-refractivity contribution in [2.24, 2.45) is 5.92 Å². The predicted octanol–water partition coefficient (Wildman–Crippen LogP) is 1.68. The molecule has 1 aliphatic heterocycles. The van der Waals surface area contributed by atoms with Crippen molar-refractivity contribution >= 4 is 17.2 Å². The van der Waals surface area contributed by atoms with Gasteiger partial charge in [0.1, 0.15) is 4.88 Å². The number of hydrogen-bond donors (Lipinski definition) is 2. The topological polar surface area (TPSA) is 57.3 Å². The van der Waals surface area contributed by atoms with Crippen LogP contribution in [-0.4, -0.2) is 55.1 Å². The molecule has 0 spiro atoms. The first kappa shape index (κ1) is 17.4. The van der Waals surface area contributed by atoms with Crippen LogP contribution in [-0.2, 0) is 6.42 Å². The van der Waals surface area contributed by atoms with Crippen LogP contribution in [0, 0.1) is 12.8 Å². The third-order valence-electron chi connectivity index (χ3n) is 3.76. The standard InChI is InChI=1S/C16H28N4OS/c1-12(2)11-14-15(22-13(3)19-14)16(21)18-5-4-8-20-9-6-17-7-10-20/h12,17H,4-11H2,1-3H3,(H,18,21). The van der Waals surface area contributed by atoms with Crippen LogP contribution in [0.1, 0.15) is 40.6 Å². The van der Waals surface area contributed by atoms with Crippen molar-refractivity contribution < 1.29 is 4.79 Å². The molecule has 1 fully saturated rings. The van der Waals surface area contributed by atoms with Crippen molar-refractivity contribution in [3.05, 3.63) is 15.6 Å². The second-order valence-corrected chi connectivity index (χ2v) is 7.51. The second kappa shape index (κ2) is 8.60. The van der Waals surface area contributed by atoms with E-state index in [1.54, 1.807) is 0 Å². The molecule has 5 nitrogen and oxygen atoms in total. The average molecular weight is 324 g/mol. The van der Waals surface area contributed by atoms with Gasteiger partial charge in [0.05, 0.1) is 10.7 Å². The monoisotopic (exact) mass is 324 g/mol. The SMILES string of the molecule is Cc1nc(CC(C)C)c(C(=O)NCCCN2CCNCC2)s1. The highest BCUT2D eigenvalue weighted by molar-refractivity contribution is 7.13. The fourth-order valence-electron chi connectivity index (χ4n) is 2.69.